The highest BCUT2D eigenvalue weighted by molar-refractivity contribution is 6.31. The van der Waals surface area contributed by atoms with Gasteiger partial charge >= 0.3 is 6.03 Å². The number of carbonyl (C=O) groups excluding carboxylic acids is 2. The van der Waals surface area contributed by atoms with Crippen LogP contribution < -0.4 is 20.7 Å². The third-order valence-electron chi connectivity index (χ3n) is 4.23. The molecule has 3 amide bonds. The monoisotopic (exact) mass is 389 g/mol. The van der Waals surface area contributed by atoms with Crippen LogP contribution in [0.2, 0.25) is 5.02 Å². The summed E-state index contributed by atoms with van der Waals surface area (Å²) in [5, 5.41) is 7.86. The Morgan fingerprint density at radius 1 is 1.26 bits per heavy atom. The first-order valence-corrected chi connectivity index (χ1v) is 8.44. The number of nitrogens with one attached hydrogen (secondary N) is 3. The standard InChI is InChI=1S/C19H17ClFN3O3/c1-10-15(18(25)23-13-8-3-4-9-14(13)27-2)17(24-19(26)22-10)16-11(20)6-5-7-12(16)21/h3-9,15,17H,1H2,2H3,(H,23,25)(H2,22,24,26)/t15-,17+/m0/s1. The zero-order chi connectivity index (χ0) is 19.6. The molecular formula is C19H17ClFN3O3. The summed E-state index contributed by atoms with van der Waals surface area (Å²) in [6.45, 7) is 3.76. The summed E-state index contributed by atoms with van der Waals surface area (Å²) in [6.07, 6.45) is 0. The molecule has 3 N–H and O–H groups in total. The fourth-order valence-electron chi connectivity index (χ4n) is 3.00. The van der Waals surface area contributed by atoms with Crippen molar-refractivity contribution < 1.29 is 18.7 Å². The van der Waals surface area contributed by atoms with E-state index in [1.165, 1.54) is 25.3 Å². The number of methoxy groups -OCH3 is 1. The molecule has 0 saturated carbocycles. The molecule has 2 aromatic carbocycles. The van der Waals surface area contributed by atoms with Crippen molar-refractivity contribution in [1.29, 1.82) is 0 Å². The summed E-state index contributed by atoms with van der Waals surface area (Å²) in [4.78, 5) is 24.9. The maximum absolute atomic E-state index is 14.4. The van der Waals surface area contributed by atoms with E-state index in [1.807, 2.05) is 0 Å². The number of rotatable bonds is 4. The number of urea groups is 1. The molecule has 0 radical (unpaired) electrons. The largest absolute Gasteiger partial charge is 0.495 e. The minimum absolute atomic E-state index is 0.0235. The van der Waals surface area contributed by atoms with Gasteiger partial charge in [0, 0.05) is 16.3 Å². The van der Waals surface area contributed by atoms with Crippen LogP contribution >= 0.6 is 11.6 Å². The molecule has 6 nitrogen and oxygen atoms in total. The predicted molar refractivity (Wildman–Crippen MR) is 100 cm³/mol. The van der Waals surface area contributed by atoms with Crippen LogP contribution in [0.4, 0.5) is 14.9 Å². The zero-order valence-corrected chi connectivity index (χ0v) is 15.1. The smallest absolute Gasteiger partial charge is 0.319 e. The average Bonchev–Trinajstić information content (AvgIpc) is 2.61. The Bertz CT molecular complexity index is 899. The molecule has 8 heteroatoms. The van der Waals surface area contributed by atoms with E-state index in [9.17, 15) is 14.0 Å². The second-order valence-electron chi connectivity index (χ2n) is 5.90. The van der Waals surface area contributed by atoms with E-state index in [-0.39, 0.29) is 16.3 Å². The Labute approximate surface area is 160 Å². The lowest BCUT2D eigenvalue weighted by molar-refractivity contribution is -0.119. The fourth-order valence-corrected chi connectivity index (χ4v) is 3.28. The van der Waals surface area contributed by atoms with Crippen LogP contribution in [0.5, 0.6) is 5.75 Å². The van der Waals surface area contributed by atoms with Crippen molar-refractivity contribution in [2.75, 3.05) is 12.4 Å². The second-order valence-corrected chi connectivity index (χ2v) is 6.31. The number of anilines is 1. The quantitative estimate of drug-likeness (QED) is 0.747. The number of para-hydroxylation sites is 2. The van der Waals surface area contributed by atoms with Crippen molar-refractivity contribution in [3.8, 4) is 5.75 Å². The van der Waals surface area contributed by atoms with E-state index >= 15 is 0 Å². The summed E-state index contributed by atoms with van der Waals surface area (Å²) >= 11 is 6.14. The van der Waals surface area contributed by atoms with E-state index in [0.717, 1.165) is 0 Å². The molecule has 0 aliphatic carbocycles. The van der Waals surface area contributed by atoms with Crippen molar-refractivity contribution in [3.63, 3.8) is 0 Å². The van der Waals surface area contributed by atoms with Gasteiger partial charge in [0.15, 0.2) is 0 Å². The average molecular weight is 390 g/mol. The van der Waals surface area contributed by atoms with E-state index in [2.05, 4.69) is 22.5 Å². The lowest BCUT2D eigenvalue weighted by Gasteiger charge is -2.34. The molecule has 1 heterocycles. The molecule has 27 heavy (non-hydrogen) atoms. The summed E-state index contributed by atoms with van der Waals surface area (Å²) < 4.78 is 19.7. The number of hydrogen-bond donors (Lipinski definition) is 3. The van der Waals surface area contributed by atoms with Gasteiger partial charge in [-0.1, -0.05) is 36.4 Å². The van der Waals surface area contributed by atoms with E-state index in [4.69, 9.17) is 16.3 Å². The van der Waals surface area contributed by atoms with Gasteiger partial charge < -0.3 is 20.7 Å². The minimum atomic E-state index is -1.02. The number of carbonyl (C=O) groups is 2. The van der Waals surface area contributed by atoms with Crippen molar-refractivity contribution in [2.45, 2.75) is 6.04 Å². The Morgan fingerprint density at radius 3 is 2.70 bits per heavy atom. The third-order valence-corrected chi connectivity index (χ3v) is 4.56. The minimum Gasteiger partial charge on any atom is -0.495 e. The molecular weight excluding hydrogens is 373 g/mol. The Morgan fingerprint density at radius 2 is 2.00 bits per heavy atom. The zero-order valence-electron chi connectivity index (χ0n) is 14.4. The summed E-state index contributed by atoms with van der Waals surface area (Å²) in [7, 11) is 1.48. The number of amides is 3. The maximum Gasteiger partial charge on any atom is 0.319 e. The molecule has 3 rings (SSSR count). The highest BCUT2D eigenvalue weighted by atomic mass is 35.5. The number of benzene rings is 2. The molecule has 2 atom stereocenters. The van der Waals surface area contributed by atoms with Gasteiger partial charge in [0.05, 0.1) is 18.8 Å². The summed E-state index contributed by atoms with van der Waals surface area (Å²) in [6, 6.07) is 9.40. The molecule has 1 fully saturated rings. The van der Waals surface area contributed by atoms with Crippen LogP contribution in [0, 0.1) is 11.7 Å². The Hall–Kier alpha value is -3.06. The maximum atomic E-state index is 14.4. The molecule has 1 aliphatic rings. The van der Waals surface area contributed by atoms with Gasteiger partial charge in [0.25, 0.3) is 0 Å². The molecule has 2 aromatic rings. The summed E-state index contributed by atoms with van der Waals surface area (Å²) in [5.41, 5.74) is 0.596. The first-order chi connectivity index (χ1) is 12.9. The van der Waals surface area contributed by atoms with Crippen molar-refractivity contribution in [1.82, 2.24) is 10.6 Å². The molecule has 0 aromatic heterocycles. The molecule has 0 unspecified atom stereocenters. The number of hydrogen-bond acceptors (Lipinski definition) is 3. The highest BCUT2D eigenvalue weighted by Gasteiger charge is 2.40. The highest BCUT2D eigenvalue weighted by Crippen LogP contribution is 2.36. The Balaban J connectivity index is 1.98. The topological polar surface area (TPSA) is 79.5 Å². The van der Waals surface area contributed by atoms with Crippen LogP contribution in [0.3, 0.4) is 0 Å². The van der Waals surface area contributed by atoms with Gasteiger partial charge in [-0.25, -0.2) is 9.18 Å². The lowest BCUT2D eigenvalue weighted by Crippen LogP contribution is -2.52. The number of ether oxygens (including phenoxy) is 1. The molecule has 140 valence electrons. The van der Waals surface area contributed by atoms with Crippen LogP contribution in [0.15, 0.2) is 54.7 Å². The molecule has 1 saturated heterocycles. The predicted octanol–water partition coefficient (Wildman–Crippen LogP) is 3.61. The number of halogens is 2. The molecule has 0 spiro atoms. The van der Waals surface area contributed by atoms with Crippen molar-refractivity contribution in [2.24, 2.45) is 5.92 Å². The van der Waals surface area contributed by atoms with Gasteiger partial charge in [-0.05, 0) is 24.3 Å². The van der Waals surface area contributed by atoms with Gasteiger partial charge in [-0.3, -0.25) is 4.79 Å². The van der Waals surface area contributed by atoms with Gasteiger partial charge in [0.1, 0.15) is 17.5 Å². The lowest BCUT2D eigenvalue weighted by atomic mass is 9.87. The molecule has 0 bridgehead atoms. The third kappa shape index (κ3) is 3.73. The van der Waals surface area contributed by atoms with E-state index in [1.54, 1.807) is 24.3 Å². The van der Waals surface area contributed by atoms with Crippen LogP contribution in [0.1, 0.15) is 11.6 Å². The Kier molecular flexibility index (Phi) is 5.32. The SMILES string of the molecule is C=C1NC(=O)N[C@@H](c2c(F)cccc2Cl)[C@H]1C(=O)Nc1ccccc1OC. The van der Waals surface area contributed by atoms with Crippen LogP contribution in [-0.2, 0) is 4.79 Å². The second kappa shape index (κ2) is 7.67. The first-order valence-electron chi connectivity index (χ1n) is 8.06. The normalized spacial score (nSPS) is 19.1. The van der Waals surface area contributed by atoms with E-state index in [0.29, 0.717) is 11.4 Å². The van der Waals surface area contributed by atoms with Gasteiger partial charge in [0.2, 0.25) is 5.91 Å². The fraction of sp³-hybridized carbons (Fsp3) is 0.158. The van der Waals surface area contributed by atoms with Crippen LogP contribution in [-0.4, -0.2) is 19.0 Å². The van der Waals surface area contributed by atoms with Gasteiger partial charge in [-0.2, -0.15) is 0 Å². The van der Waals surface area contributed by atoms with E-state index < -0.39 is 29.7 Å². The van der Waals surface area contributed by atoms with Crippen molar-refractivity contribution in [3.05, 3.63) is 71.1 Å². The summed E-state index contributed by atoms with van der Waals surface area (Å²) in [5.74, 6) is -1.66. The van der Waals surface area contributed by atoms with Crippen LogP contribution in [0.25, 0.3) is 0 Å². The molecule has 1 aliphatic heterocycles. The van der Waals surface area contributed by atoms with Gasteiger partial charge in [-0.15, -0.1) is 0 Å². The van der Waals surface area contributed by atoms with Crippen molar-refractivity contribution >= 4 is 29.2 Å². The first kappa shape index (κ1) is 18.7.